The van der Waals surface area contributed by atoms with Crippen molar-refractivity contribution in [1.82, 2.24) is 4.98 Å². The van der Waals surface area contributed by atoms with E-state index in [1.165, 1.54) is 0 Å². The second-order valence-electron chi connectivity index (χ2n) is 5.90. The molecule has 0 spiro atoms. The zero-order chi connectivity index (χ0) is 14.9. The lowest BCUT2D eigenvalue weighted by Gasteiger charge is -2.35. The molecule has 0 saturated heterocycles. The Morgan fingerprint density at radius 1 is 1.24 bits per heavy atom. The van der Waals surface area contributed by atoms with E-state index in [4.69, 9.17) is 0 Å². The lowest BCUT2D eigenvalue weighted by atomic mass is 9.81. The predicted octanol–water partition coefficient (Wildman–Crippen LogP) is 3.74. The van der Waals surface area contributed by atoms with Crippen LogP contribution in [0.1, 0.15) is 37.8 Å². The van der Waals surface area contributed by atoms with E-state index in [-0.39, 0.29) is 0 Å². The highest BCUT2D eigenvalue weighted by molar-refractivity contribution is 5.94. The number of fused-ring (bicyclic) bond motifs is 1. The van der Waals surface area contributed by atoms with Gasteiger partial charge in [0, 0.05) is 16.8 Å². The number of carboxylic acids is 1. The molecule has 1 aliphatic carbocycles. The molecule has 110 valence electrons. The molecule has 2 aromatic rings. The summed E-state index contributed by atoms with van der Waals surface area (Å²) in [7, 11) is 0. The molecule has 0 radical (unpaired) electrons. The Labute approximate surface area is 124 Å². The molecular formula is C17H20N2O2. The van der Waals surface area contributed by atoms with Gasteiger partial charge in [0.15, 0.2) is 0 Å². The molecule has 3 rings (SSSR count). The number of aromatic nitrogens is 1. The Morgan fingerprint density at radius 3 is 2.67 bits per heavy atom. The minimum absolute atomic E-state index is 0.679. The summed E-state index contributed by atoms with van der Waals surface area (Å²) < 4.78 is 0. The SMILES string of the molecule is Cc1cc(NC2(C(=O)O)CCCCC2)c2ccccc2n1. The Kier molecular flexibility index (Phi) is 3.53. The van der Waals surface area contributed by atoms with Gasteiger partial charge in [-0.2, -0.15) is 0 Å². The average molecular weight is 284 g/mol. The average Bonchev–Trinajstić information content (AvgIpc) is 2.48. The maximum Gasteiger partial charge on any atom is 0.329 e. The summed E-state index contributed by atoms with van der Waals surface area (Å²) in [5.74, 6) is -0.749. The van der Waals surface area contributed by atoms with Gasteiger partial charge in [-0.15, -0.1) is 0 Å². The van der Waals surface area contributed by atoms with Crippen LogP contribution in [0.15, 0.2) is 30.3 Å². The number of rotatable bonds is 3. The standard InChI is InChI=1S/C17H20N2O2/c1-12-11-15(13-7-3-4-8-14(13)18-12)19-17(16(20)21)9-5-2-6-10-17/h3-4,7-8,11H,2,5-6,9-10H2,1H3,(H,18,19)(H,20,21). The minimum atomic E-state index is -0.838. The second-order valence-corrected chi connectivity index (χ2v) is 5.90. The highest BCUT2D eigenvalue weighted by Gasteiger charge is 2.39. The number of aliphatic carboxylic acids is 1. The van der Waals surface area contributed by atoms with E-state index < -0.39 is 11.5 Å². The lowest BCUT2D eigenvalue weighted by Crippen LogP contribution is -2.47. The molecule has 1 fully saturated rings. The van der Waals surface area contributed by atoms with Gasteiger partial charge in [0.25, 0.3) is 0 Å². The second kappa shape index (κ2) is 5.35. The lowest BCUT2D eigenvalue weighted by molar-refractivity contribution is -0.143. The van der Waals surface area contributed by atoms with Gasteiger partial charge in [-0.25, -0.2) is 4.79 Å². The molecule has 1 aromatic carbocycles. The van der Waals surface area contributed by atoms with E-state index in [9.17, 15) is 9.90 Å². The van der Waals surface area contributed by atoms with Gasteiger partial charge in [0.2, 0.25) is 0 Å². The molecule has 1 heterocycles. The van der Waals surface area contributed by atoms with Crippen molar-refractivity contribution in [1.29, 1.82) is 0 Å². The summed E-state index contributed by atoms with van der Waals surface area (Å²) in [6.07, 6.45) is 4.39. The molecule has 0 atom stereocenters. The molecule has 1 saturated carbocycles. The van der Waals surface area contributed by atoms with E-state index in [0.717, 1.165) is 41.5 Å². The fraction of sp³-hybridized carbons (Fsp3) is 0.412. The van der Waals surface area contributed by atoms with Crippen molar-refractivity contribution in [2.45, 2.75) is 44.6 Å². The third-order valence-corrected chi connectivity index (χ3v) is 4.33. The smallest absolute Gasteiger partial charge is 0.329 e. The molecule has 1 aromatic heterocycles. The number of hydrogen-bond donors (Lipinski definition) is 2. The minimum Gasteiger partial charge on any atom is -0.480 e. The van der Waals surface area contributed by atoms with Gasteiger partial charge in [-0.1, -0.05) is 37.5 Å². The number of hydrogen-bond acceptors (Lipinski definition) is 3. The van der Waals surface area contributed by atoms with Gasteiger partial charge >= 0.3 is 5.97 Å². The first kappa shape index (κ1) is 13.9. The highest BCUT2D eigenvalue weighted by Crippen LogP contribution is 2.34. The third-order valence-electron chi connectivity index (χ3n) is 4.33. The van der Waals surface area contributed by atoms with Crippen molar-refractivity contribution >= 4 is 22.6 Å². The summed E-state index contributed by atoms with van der Waals surface area (Å²) in [4.78, 5) is 16.3. The Hall–Kier alpha value is -2.10. The van der Waals surface area contributed by atoms with Crippen molar-refractivity contribution in [3.63, 3.8) is 0 Å². The van der Waals surface area contributed by atoms with Gasteiger partial charge in [-0.3, -0.25) is 4.98 Å². The van der Waals surface area contributed by atoms with Crippen LogP contribution < -0.4 is 5.32 Å². The van der Waals surface area contributed by atoms with Crippen LogP contribution in [0.25, 0.3) is 10.9 Å². The predicted molar refractivity (Wildman–Crippen MR) is 83.6 cm³/mol. The number of aryl methyl sites for hydroxylation is 1. The molecule has 0 amide bonds. The third kappa shape index (κ3) is 2.58. The molecule has 4 nitrogen and oxygen atoms in total. The zero-order valence-corrected chi connectivity index (χ0v) is 12.2. The topological polar surface area (TPSA) is 62.2 Å². The van der Waals surface area contributed by atoms with Crippen LogP contribution >= 0.6 is 0 Å². The fourth-order valence-electron chi connectivity index (χ4n) is 3.22. The molecule has 1 aliphatic rings. The largest absolute Gasteiger partial charge is 0.480 e. The summed E-state index contributed by atoms with van der Waals surface area (Å²) >= 11 is 0. The van der Waals surface area contributed by atoms with Gasteiger partial charge < -0.3 is 10.4 Å². The molecule has 0 aliphatic heterocycles. The number of pyridine rings is 1. The summed E-state index contributed by atoms with van der Waals surface area (Å²) in [5, 5.41) is 14.0. The Morgan fingerprint density at radius 2 is 1.95 bits per heavy atom. The van der Waals surface area contributed by atoms with Crippen molar-refractivity contribution in [2.24, 2.45) is 0 Å². The van der Waals surface area contributed by atoms with Crippen LogP contribution in [-0.2, 0) is 4.79 Å². The van der Waals surface area contributed by atoms with Crippen LogP contribution in [-0.4, -0.2) is 21.6 Å². The monoisotopic (exact) mass is 284 g/mol. The first-order valence-electron chi connectivity index (χ1n) is 7.49. The Balaban J connectivity index is 2.05. The van der Waals surface area contributed by atoms with Crippen LogP contribution in [0.2, 0.25) is 0 Å². The van der Waals surface area contributed by atoms with Crippen molar-refractivity contribution in [3.8, 4) is 0 Å². The number of anilines is 1. The van der Waals surface area contributed by atoms with E-state index in [0.29, 0.717) is 12.8 Å². The van der Waals surface area contributed by atoms with Crippen LogP contribution in [0, 0.1) is 6.92 Å². The van der Waals surface area contributed by atoms with Gasteiger partial charge in [0.05, 0.1) is 5.52 Å². The van der Waals surface area contributed by atoms with Crippen molar-refractivity contribution < 1.29 is 9.90 Å². The van der Waals surface area contributed by atoms with Crippen molar-refractivity contribution in [3.05, 3.63) is 36.0 Å². The van der Waals surface area contributed by atoms with Crippen LogP contribution in [0.4, 0.5) is 5.69 Å². The molecule has 2 N–H and O–H groups in total. The Bertz CT molecular complexity index is 676. The molecule has 0 bridgehead atoms. The first-order valence-corrected chi connectivity index (χ1v) is 7.49. The zero-order valence-electron chi connectivity index (χ0n) is 12.2. The van der Waals surface area contributed by atoms with Gasteiger partial charge in [-0.05, 0) is 31.9 Å². The number of benzene rings is 1. The van der Waals surface area contributed by atoms with Gasteiger partial charge in [0.1, 0.15) is 5.54 Å². The maximum atomic E-state index is 11.8. The summed E-state index contributed by atoms with van der Waals surface area (Å²) in [6.45, 7) is 1.94. The van der Waals surface area contributed by atoms with E-state index >= 15 is 0 Å². The number of carbonyl (C=O) groups is 1. The molecular weight excluding hydrogens is 264 g/mol. The number of para-hydroxylation sites is 1. The number of nitrogens with zero attached hydrogens (tertiary/aromatic N) is 1. The number of carboxylic acid groups (broad SMARTS) is 1. The molecule has 21 heavy (non-hydrogen) atoms. The van der Waals surface area contributed by atoms with E-state index in [2.05, 4.69) is 10.3 Å². The maximum absolute atomic E-state index is 11.8. The first-order chi connectivity index (χ1) is 10.1. The van der Waals surface area contributed by atoms with E-state index in [1.54, 1.807) is 0 Å². The fourth-order valence-corrected chi connectivity index (χ4v) is 3.22. The summed E-state index contributed by atoms with van der Waals surface area (Å²) in [6, 6.07) is 9.80. The quantitative estimate of drug-likeness (QED) is 0.901. The van der Waals surface area contributed by atoms with Crippen LogP contribution in [0.3, 0.4) is 0 Å². The highest BCUT2D eigenvalue weighted by atomic mass is 16.4. The number of nitrogens with one attached hydrogen (secondary N) is 1. The van der Waals surface area contributed by atoms with E-state index in [1.807, 2.05) is 37.3 Å². The normalized spacial score (nSPS) is 17.6. The summed E-state index contributed by atoms with van der Waals surface area (Å²) in [5.41, 5.74) is 1.83. The van der Waals surface area contributed by atoms with Crippen LogP contribution in [0.5, 0.6) is 0 Å². The molecule has 0 unspecified atom stereocenters. The molecule has 4 heteroatoms. The van der Waals surface area contributed by atoms with Crippen molar-refractivity contribution in [2.75, 3.05) is 5.32 Å².